The van der Waals surface area contributed by atoms with Gasteiger partial charge in [-0.25, -0.2) is 13.4 Å². The van der Waals surface area contributed by atoms with E-state index in [1.807, 2.05) is 24.3 Å². The number of sulfonamides is 1. The second-order valence-electron chi connectivity index (χ2n) is 5.59. The van der Waals surface area contributed by atoms with Gasteiger partial charge in [0.15, 0.2) is 5.03 Å². The largest absolute Gasteiger partial charge is 0.335 e. The van der Waals surface area contributed by atoms with Crippen molar-refractivity contribution in [2.75, 3.05) is 18.4 Å². The fourth-order valence-corrected chi connectivity index (χ4v) is 4.29. The number of hydrogen-bond acceptors (Lipinski definition) is 4. The Morgan fingerprint density at radius 1 is 1.25 bits per heavy atom. The standard InChI is InChI=1S/C15H17BrN4O3S/c16-12-1-3-13(4-2-12)19-15(21)11-5-7-20(8-6-11)24(22,23)14-9-17-10-18-14/h1-4,9-11H,5-8H2,(H,17,18)(H,19,21). The first kappa shape index (κ1) is 17.1. The van der Waals surface area contributed by atoms with E-state index in [4.69, 9.17) is 0 Å². The summed E-state index contributed by atoms with van der Waals surface area (Å²) >= 11 is 3.35. The van der Waals surface area contributed by atoms with Crippen molar-refractivity contribution in [3.05, 3.63) is 41.3 Å². The summed E-state index contributed by atoms with van der Waals surface area (Å²) in [6, 6.07) is 7.35. The first-order chi connectivity index (χ1) is 11.5. The van der Waals surface area contributed by atoms with Crippen molar-refractivity contribution in [1.82, 2.24) is 14.3 Å². The average Bonchev–Trinajstić information content (AvgIpc) is 3.12. The molecule has 1 aliphatic heterocycles. The molecule has 1 aromatic carbocycles. The van der Waals surface area contributed by atoms with E-state index in [0.717, 1.165) is 10.2 Å². The lowest BCUT2D eigenvalue weighted by Gasteiger charge is -2.30. The highest BCUT2D eigenvalue weighted by Crippen LogP contribution is 2.24. The molecule has 1 amide bonds. The fraction of sp³-hybridized carbons (Fsp3) is 0.333. The molecule has 0 radical (unpaired) electrons. The number of halogens is 1. The minimum atomic E-state index is -3.55. The predicted octanol–water partition coefficient (Wildman–Crippen LogP) is 2.21. The molecule has 1 fully saturated rings. The number of nitrogens with zero attached hydrogens (tertiary/aromatic N) is 2. The quantitative estimate of drug-likeness (QED) is 0.804. The van der Waals surface area contributed by atoms with Crippen molar-refractivity contribution < 1.29 is 13.2 Å². The van der Waals surface area contributed by atoms with Gasteiger partial charge < -0.3 is 10.3 Å². The summed E-state index contributed by atoms with van der Waals surface area (Å²) in [6.07, 6.45) is 3.62. The number of aromatic amines is 1. The third-order valence-corrected chi connectivity index (χ3v) is 6.38. The number of hydrogen-bond donors (Lipinski definition) is 2. The molecular formula is C15H17BrN4O3S. The number of aromatic nitrogens is 2. The first-order valence-corrected chi connectivity index (χ1v) is 9.75. The number of carbonyl (C=O) groups is 1. The van der Waals surface area contributed by atoms with E-state index in [1.54, 1.807) is 0 Å². The maximum Gasteiger partial charge on any atom is 0.260 e. The number of H-pyrrole nitrogens is 1. The Kier molecular flexibility index (Phi) is 5.02. The molecule has 9 heteroatoms. The lowest BCUT2D eigenvalue weighted by atomic mass is 9.97. The molecule has 0 bridgehead atoms. The smallest absolute Gasteiger partial charge is 0.260 e. The maximum absolute atomic E-state index is 12.4. The van der Waals surface area contributed by atoms with E-state index in [2.05, 4.69) is 31.2 Å². The Bertz CT molecular complexity index is 798. The van der Waals surface area contributed by atoms with Crippen LogP contribution in [0.15, 0.2) is 46.3 Å². The van der Waals surface area contributed by atoms with E-state index < -0.39 is 10.0 Å². The fourth-order valence-electron chi connectivity index (χ4n) is 2.66. The molecule has 1 aromatic heterocycles. The Morgan fingerprint density at radius 2 is 1.92 bits per heavy atom. The van der Waals surface area contributed by atoms with Crippen molar-refractivity contribution in [2.24, 2.45) is 5.92 Å². The Hall–Kier alpha value is -1.71. The molecule has 3 rings (SSSR count). The molecule has 128 valence electrons. The van der Waals surface area contributed by atoms with Gasteiger partial charge in [0.2, 0.25) is 5.91 Å². The summed E-state index contributed by atoms with van der Waals surface area (Å²) in [7, 11) is -3.55. The number of anilines is 1. The van der Waals surface area contributed by atoms with E-state index >= 15 is 0 Å². The molecular weight excluding hydrogens is 396 g/mol. The van der Waals surface area contributed by atoms with Crippen LogP contribution in [0.2, 0.25) is 0 Å². The summed E-state index contributed by atoms with van der Waals surface area (Å²) in [5.74, 6) is -0.266. The van der Waals surface area contributed by atoms with Crippen LogP contribution in [-0.2, 0) is 14.8 Å². The Morgan fingerprint density at radius 3 is 2.50 bits per heavy atom. The van der Waals surface area contributed by atoms with Crippen molar-refractivity contribution in [3.8, 4) is 0 Å². The molecule has 2 aromatic rings. The first-order valence-electron chi connectivity index (χ1n) is 7.52. The van der Waals surface area contributed by atoms with Crippen molar-refractivity contribution in [3.63, 3.8) is 0 Å². The number of nitrogens with one attached hydrogen (secondary N) is 2. The van der Waals surface area contributed by atoms with E-state index in [0.29, 0.717) is 25.9 Å². The highest BCUT2D eigenvalue weighted by molar-refractivity contribution is 9.10. The van der Waals surface area contributed by atoms with Gasteiger partial charge in [-0.2, -0.15) is 4.31 Å². The van der Waals surface area contributed by atoms with Gasteiger partial charge in [0, 0.05) is 29.2 Å². The van der Waals surface area contributed by atoms with Gasteiger partial charge in [0.1, 0.15) is 0 Å². The zero-order chi connectivity index (χ0) is 17.2. The van der Waals surface area contributed by atoms with Gasteiger partial charge in [0.25, 0.3) is 10.0 Å². The van der Waals surface area contributed by atoms with Crippen molar-refractivity contribution >= 4 is 37.5 Å². The second-order valence-corrected chi connectivity index (χ2v) is 8.41. The van der Waals surface area contributed by atoms with Crippen LogP contribution >= 0.6 is 15.9 Å². The molecule has 0 saturated carbocycles. The minimum absolute atomic E-state index is 0.0732. The van der Waals surface area contributed by atoms with Crippen molar-refractivity contribution in [2.45, 2.75) is 17.9 Å². The van der Waals surface area contributed by atoms with E-state index in [-0.39, 0.29) is 16.9 Å². The van der Waals surface area contributed by atoms with E-state index in [9.17, 15) is 13.2 Å². The highest BCUT2D eigenvalue weighted by atomic mass is 79.9. The van der Waals surface area contributed by atoms with Crippen LogP contribution in [0, 0.1) is 5.92 Å². The Labute approximate surface area is 148 Å². The van der Waals surface area contributed by atoms with Crippen molar-refractivity contribution in [1.29, 1.82) is 0 Å². The molecule has 2 heterocycles. The summed E-state index contributed by atoms with van der Waals surface area (Å²) in [6.45, 7) is 0.638. The topological polar surface area (TPSA) is 95.2 Å². The third-order valence-electron chi connectivity index (χ3n) is 4.03. The average molecular weight is 413 g/mol. The van der Waals surface area contributed by atoms with Gasteiger partial charge in [-0.3, -0.25) is 4.79 Å². The van der Waals surface area contributed by atoms with Gasteiger partial charge in [-0.05, 0) is 37.1 Å². The second kappa shape index (κ2) is 7.04. The van der Waals surface area contributed by atoms with Crippen LogP contribution in [0.5, 0.6) is 0 Å². The summed E-state index contributed by atoms with van der Waals surface area (Å²) in [4.78, 5) is 18.7. The predicted molar refractivity (Wildman–Crippen MR) is 92.8 cm³/mol. The lowest BCUT2D eigenvalue weighted by molar-refractivity contribution is -0.120. The minimum Gasteiger partial charge on any atom is -0.335 e. The molecule has 0 spiro atoms. The van der Waals surface area contributed by atoms with Crippen LogP contribution in [0.1, 0.15) is 12.8 Å². The van der Waals surface area contributed by atoms with Gasteiger partial charge in [-0.1, -0.05) is 15.9 Å². The van der Waals surface area contributed by atoms with Crippen LogP contribution in [-0.4, -0.2) is 41.7 Å². The van der Waals surface area contributed by atoms with Crippen LogP contribution in [0.3, 0.4) is 0 Å². The zero-order valence-electron chi connectivity index (χ0n) is 12.8. The van der Waals surface area contributed by atoms with Gasteiger partial charge in [0.05, 0.1) is 12.5 Å². The van der Waals surface area contributed by atoms with Gasteiger partial charge >= 0.3 is 0 Å². The van der Waals surface area contributed by atoms with E-state index in [1.165, 1.54) is 16.8 Å². The molecule has 7 nitrogen and oxygen atoms in total. The zero-order valence-corrected chi connectivity index (χ0v) is 15.2. The van der Waals surface area contributed by atoms with Crippen LogP contribution < -0.4 is 5.32 Å². The summed E-state index contributed by atoms with van der Waals surface area (Å²) in [5, 5.41) is 2.96. The molecule has 24 heavy (non-hydrogen) atoms. The number of benzene rings is 1. The third kappa shape index (κ3) is 3.68. The highest BCUT2D eigenvalue weighted by Gasteiger charge is 2.32. The maximum atomic E-state index is 12.4. The van der Waals surface area contributed by atoms with Crippen LogP contribution in [0.4, 0.5) is 5.69 Å². The lowest BCUT2D eigenvalue weighted by Crippen LogP contribution is -2.41. The molecule has 0 unspecified atom stereocenters. The molecule has 0 atom stereocenters. The molecule has 1 saturated heterocycles. The van der Waals surface area contributed by atoms with Crippen LogP contribution in [0.25, 0.3) is 0 Å². The number of amides is 1. The molecule has 1 aliphatic rings. The Balaban J connectivity index is 1.58. The van der Waals surface area contributed by atoms with Gasteiger partial charge in [-0.15, -0.1) is 0 Å². The monoisotopic (exact) mass is 412 g/mol. The number of imidazole rings is 1. The molecule has 0 aliphatic carbocycles. The SMILES string of the molecule is O=C(Nc1ccc(Br)cc1)C1CCN(S(=O)(=O)c2cnc[nH]2)CC1. The number of carbonyl (C=O) groups excluding carboxylic acids is 1. The molecule has 2 N–H and O–H groups in total. The number of piperidine rings is 1. The number of rotatable bonds is 4. The summed E-state index contributed by atoms with van der Waals surface area (Å²) < 4.78 is 27.1. The normalized spacial score (nSPS) is 16.9. The summed E-state index contributed by atoms with van der Waals surface area (Å²) in [5.41, 5.74) is 0.732.